The number of hydrogen-bond donors (Lipinski definition) is 0. The summed E-state index contributed by atoms with van der Waals surface area (Å²) < 4.78 is 6.29. The highest BCUT2D eigenvalue weighted by atomic mass is 16.5. The average Bonchev–Trinajstić information content (AvgIpc) is 2.92. The van der Waals surface area contributed by atoms with Crippen LogP contribution in [0.3, 0.4) is 0 Å². The molecule has 1 aliphatic heterocycles. The van der Waals surface area contributed by atoms with Crippen LogP contribution in [0.25, 0.3) is 65.3 Å². The van der Waals surface area contributed by atoms with Crippen LogP contribution >= 0.6 is 0 Å². The van der Waals surface area contributed by atoms with Crippen molar-refractivity contribution < 1.29 is 4.74 Å². The molecule has 8 rings (SSSR count). The van der Waals surface area contributed by atoms with E-state index in [0.29, 0.717) is 0 Å². The largest absolute Gasteiger partial charge is 0.456 e. The van der Waals surface area contributed by atoms with E-state index in [-0.39, 0.29) is 0 Å². The van der Waals surface area contributed by atoms with Crippen molar-refractivity contribution in [1.82, 2.24) is 0 Å². The van der Waals surface area contributed by atoms with Crippen molar-refractivity contribution in [2.24, 2.45) is 0 Å². The van der Waals surface area contributed by atoms with Crippen molar-refractivity contribution in [3.05, 3.63) is 121 Å². The molecule has 7 aromatic rings. The first-order chi connectivity index (χ1) is 17.3. The monoisotopic (exact) mass is 444 g/mol. The Labute approximate surface area is 202 Å². The second kappa shape index (κ2) is 6.94. The Morgan fingerprint density at radius 2 is 1.14 bits per heavy atom. The first-order valence-corrected chi connectivity index (χ1v) is 12.0. The first-order valence-electron chi connectivity index (χ1n) is 12.0. The number of benzene rings is 7. The van der Waals surface area contributed by atoms with Gasteiger partial charge in [-0.1, -0.05) is 91.0 Å². The summed E-state index contributed by atoms with van der Waals surface area (Å²) in [5.74, 6) is 1.85. The van der Waals surface area contributed by atoms with Gasteiger partial charge in [-0.2, -0.15) is 0 Å². The van der Waals surface area contributed by atoms with Crippen LogP contribution in [-0.4, -0.2) is 0 Å². The lowest BCUT2D eigenvalue weighted by Crippen LogP contribution is -1.97. The van der Waals surface area contributed by atoms with Gasteiger partial charge in [0.1, 0.15) is 11.5 Å². The molecule has 0 unspecified atom stereocenters. The van der Waals surface area contributed by atoms with Crippen LogP contribution in [0, 0.1) is 0 Å². The molecule has 0 spiro atoms. The van der Waals surface area contributed by atoms with E-state index < -0.39 is 0 Å². The fourth-order valence-electron chi connectivity index (χ4n) is 5.75. The Hall–Kier alpha value is -4.62. The van der Waals surface area contributed by atoms with Gasteiger partial charge in [0.2, 0.25) is 0 Å². The van der Waals surface area contributed by atoms with Crippen LogP contribution in [0.4, 0.5) is 0 Å². The van der Waals surface area contributed by atoms with E-state index in [0.717, 1.165) is 17.1 Å². The van der Waals surface area contributed by atoms with Crippen molar-refractivity contribution >= 4 is 43.1 Å². The summed E-state index contributed by atoms with van der Waals surface area (Å²) in [6.07, 6.45) is 0. The van der Waals surface area contributed by atoms with Crippen molar-refractivity contribution in [3.63, 3.8) is 0 Å². The third-order valence-corrected chi connectivity index (χ3v) is 7.41. The Balaban J connectivity index is 1.36. The van der Waals surface area contributed by atoms with Gasteiger partial charge in [-0.3, -0.25) is 0 Å². The normalized spacial score (nSPS) is 12.2. The molecule has 0 bridgehead atoms. The Bertz CT molecular complexity index is 1980. The van der Waals surface area contributed by atoms with Crippen LogP contribution in [0.15, 0.2) is 121 Å². The highest BCUT2D eigenvalue weighted by Gasteiger charge is 2.21. The van der Waals surface area contributed by atoms with E-state index in [1.165, 1.54) is 59.8 Å². The van der Waals surface area contributed by atoms with Gasteiger partial charge < -0.3 is 4.74 Å². The molecular formula is C34H20O. The van der Waals surface area contributed by atoms with Gasteiger partial charge in [0.05, 0.1) is 0 Å². The van der Waals surface area contributed by atoms with E-state index in [1.54, 1.807) is 0 Å². The smallest absolute Gasteiger partial charge is 0.135 e. The maximum atomic E-state index is 6.29. The summed E-state index contributed by atoms with van der Waals surface area (Å²) >= 11 is 0. The molecule has 1 nitrogen and oxygen atoms in total. The third kappa shape index (κ3) is 2.70. The minimum absolute atomic E-state index is 0.922. The fourth-order valence-corrected chi connectivity index (χ4v) is 5.75. The number of hydrogen-bond acceptors (Lipinski definition) is 1. The summed E-state index contributed by atoms with van der Waals surface area (Å²) in [5.41, 5.74) is 4.84. The zero-order valence-corrected chi connectivity index (χ0v) is 19.0. The third-order valence-electron chi connectivity index (χ3n) is 7.41. The number of para-hydroxylation sites is 1. The number of fused-ring (bicyclic) bond motifs is 6. The first kappa shape index (κ1) is 18.8. The van der Waals surface area contributed by atoms with E-state index in [9.17, 15) is 0 Å². The maximum absolute atomic E-state index is 6.29. The van der Waals surface area contributed by atoms with Crippen molar-refractivity contribution in [3.8, 4) is 33.8 Å². The Kier molecular flexibility index (Phi) is 3.72. The van der Waals surface area contributed by atoms with Crippen LogP contribution < -0.4 is 4.74 Å². The molecule has 0 aromatic heterocycles. The average molecular weight is 445 g/mol. The van der Waals surface area contributed by atoms with Gasteiger partial charge in [0, 0.05) is 10.9 Å². The second-order valence-corrected chi connectivity index (χ2v) is 9.36. The molecule has 35 heavy (non-hydrogen) atoms. The zero-order chi connectivity index (χ0) is 22.9. The van der Waals surface area contributed by atoms with Gasteiger partial charge in [-0.15, -0.1) is 0 Å². The van der Waals surface area contributed by atoms with Crippen LogP contribution in [0.5, 0.6) is 11.5 Å². The number of rotatable bonds is 1. The fraction of sp³-hybridized carbons (Fsp3) is 0. The van der Waals surface area contributed by atoms with Gasteiger partial charge in [-0.05, 0) is 84.7 Å². The molecule has 0 fully saturated rings. The molecule has 0 amide bonds. The molecule has 0 saturated carbocycles. The highest BCUT2D eigenvalue weighted by molar-refractivity contribution is 6.14. The van der Waals surface area contributed by atoms with Gasteiger partial charge >= 0.3 is 0 Å². The molecule has 1 aliphatic rings. The number of ether oxygens (including phenoxy) is 1. The van der Waals surface area contributed by atoms with E-state index >= 15 is 0 Å². The highest BCUT2D eigenvalue weighted by Crippen LogP contribution is 2.48. The van der Waals surface area contributed by atoms with E-state index in [2.05, 4.69) is 109 Å². The molecule has 7 aromatic carbocycles. The Morgan fingerprint density at radius 3 is 2.06 bits per heavy atom. The summed E-state index contributed by atoms with van der Waals surface area (Å²) in [6.45, 7) is 0. The second-order valence-electron chi connectivity index (χ2n) is 9.36. The Morgan fingerprint density at radius 1 is 0.371 bits per heavy atom. The molecule has 0 aliphatic carbocycles. The van der Waals surface area contributed by atoms with Crippen molar-refractivity contribution in [2.75, 3.05) is 0 Å². The maximum Gasteiger partial charge on any atom is 0.135 e. The molecule has 1 heteroatoms. The van der Waals surface area contributed by atoms with Gasteiger partial charge in [-0.25, -0.2) is 0 Å². The predicted octanol–water partition coefficient (Wildman–Crippen LogP) is 9.74. The lowest BCUT2D eigenvalue weighted by molar-refractivity contribution is 0.487. The van der Waals surface area contributed by atoms with Crippen LogP contribution in [0.2, 0.25) is 0 Å². The quantitative estimate of drug-likeness (QED) is 0.181. The topological polar surface area (TPSA) is 9.23 Å². The molecule has 0 N–H and O–H groups in total. The molecular weight excluding hydrogens is 424 g/mol. The minimum Gasteiger partial charge on any atom is -0.456 e. The van der Waals surface area contributed by atoms with Gasteiger partial charge in [0.25, 0.3) is 0 Å². The van der Waals surface area contributed by atoms with E-state index in [4.69, 9.17) is 4.74 Å². The van der Waals surface area contributed by atoms with Crippen LogP contribution in [0.1, 0.15) is 0 Å². The summed E-state index contributed by atoms with van der Waals surface area (Å²) in [7, 11) is 0. The summed E-state index contributed by atoms with van der Waals surface area (Å²) in [6, 6.07) is 43.8. The molecule has 1 heterocycles. The van der Waals surface area contributed by atoms with E-state index in [1.807, 2.05) is 12.1 Å². The molecule has 0 radical (unpaired) electrons. The van der Waals surface area contributed by atoms with Crippen molar-refractivity contribution in [2.45, 2.75) is 0 Å². The standard InChI is InChI=1S/C34H20O/c1-2-7-22-20-31-25(18-21(22)6-1)13-12-23-19-24(14-15-27(23)31)26-16-17-33-34-29(26)9-5-10-30(34)28-8-3-4-11-32(28)35-33/h1-20H. The minimum atomic E-state index is 0.922. The molecule has 0 saturated heterocycles. The molecule has 162 valence electrons. The van der Waals surface area contributed by atoms with Crippen LogP contribution in [-0.2, 0) is 0 Å². The zero-order valence-electron chi connectivity index (χ0n) is 19.0. The lowest BCUT2D eigenvalue weighted by Gasteiger charge is -2.22. The molecule has 0 atom stereocenters. The summed E-state index contributed by atoms with van der Waals surface area (Å²) in [5, 5.41) is 10.1. The SMILES string of the molecule is c1ccc2c(c1)Oc1ccc(-c3ccc4c(ccc5cc6ccccc6cc54)c3)c3cccc-2c13. The van der Waals surface area contributed by atoms with Gasteiger partial charge in [0.15, 0.2) is 0 Å². The van der Waals surface area contributed by atoms with Crippen molar-refractivity contribution in [1.29, 1.82) is 0 Å². The lowest BCUT2D eigenvalue weighted by atomic mass is 9.89. The summed E-state index contributed by atoms with van der Waals surface area (Å²) in [4.78, 5) is 0. The predicted molar refractivity (Wildman–Crippen MR) is 147 cm³/mol.